The Kier molecular flexibility index (Phi) is 7.40. The molecule has 0 amide bonds. The lowest BCUT2D eigenvalue weighted by Crippen LogP contribution is -2.18. The van der Waals surface area contributed by atoms with Gasteiger partial charge in [-0.05, 0) is 27.2 Å². The zero-order valence-electron chi connectivity index (χ0n) is 9.80. The Labute approximate surface area is 87.3 Å². The lowest BCUT2D eigenvalue weighted by atomic mass is 10.0. The van der Waals surface area contributed by atoms with Gasteiger partial charge in [-0.3, -0.25) is 4.79 Å². The first-order chi connectivity index (χ1) is 6.61. The zero-order chi connectivity index (χ0) is 11.0. The van der Waals surface area contributed by atoms with Crippen molar-refractivity contribution >= 4 is 5.78 Å². The summed E-state index contributed by atoms with van der Waals surface area (Å²) >= 11 is 0. The van der Waals surface area contributed by atoms with Crippen molar-refractivity contribution in [3.05, 3.63) is 11.6 Å². The first-order valence-electron chi connectivity index (χ1n) is 5.31. The summed E-state index contributed by atoms with van der Waals surface area (Å²) in [4.78, 5) is 11.2. The third-order valence-electron chi connectivity index (χ3n) is 2.35. The van der Waals surface area contributed by atoms with Crippen molar-refractivity contribution in [2.75, 3.05) is 13.2 Å². The lowest BCUT2D eigenvalue weighted by molar-refractivity contribution is -0.122. The van der Waals surface area contributed by atoms with Crippen molar-refractivity contribution in [2.45, 2.75) is 40.5 Å². The number of ketones is 1. The van der Waals surface area contributed by atoms with Gasteiger partial charge in [0.25, 0.3) is 0 Å². The van der Waals surface area contributed by atoms with Gasteiger partial charge in [-0.1, -0.05) is 25.0 Å². The number of carbonyl (C=O) groups excluding carboxylic acids is 1. The molecule has 0 aromatic carbocycles. The molecule has 0 fully saturated rings. The second kappa shape index (κ2) is 7.74. The molecule has 0 saturated carbocycles. The highest BCUT2D eigenvalue weighted by Crippen LogP contribution is 2.08. The Hall–Kier alpha value is -0.630. The molecular weight excluding hydrogens is 176 g/mol. The fourth-order valence-corrected chi connectivity index (χ4v) is 1.20. The van der Waals surface area contributed by atoms with Crippen LogP contribution in [0.3, 0.4) is 0 Å². The smallest absolute Gasteiger partial charge is 0.135 e. The van der Waals surface area contributed by atoms with Gasteiger partial charge in [0.15, 0.2) is 0 Å². The van der Waals surface area contributed by atoms with Crippen molar-refractivity contribution in [3.8, 4) is 0 Å². The highest BCUT2D eigenvalue weighted by Gasteiger charge is 2.12. The number of ether oxygens (including phenoxy) is 1. The molecule has 0 aliphatic heterocycles. The standard InChI is InChI=1S/C12H22O2/c1-5-7-12(11(4)13)9-14-8-10(3)6-2/h6,12H,5,7-9H2,1-4H3. The molecule has 2 heteroatoms. The van der Waals surface area contributed by atoms with Crippen molar-refractivity contribution < 1.29 is 9.53 Å². The SMILES string of the molecule is CC=C(C)COCC(CCC)C(C)=O. The molecule has 0 aromatic heterocycles. The number of carbonyl (C=O) groups is 1. The Morgan fingerprint density at radius 3 is 2.50 bits per heavy atom. The van der Waals surface area contributed by atoms with E-state index in [2.05, 4.69) is 6.92 Å². The Balaban J connectivity index is 3.77. The minimum absolute atomic E-state index is 0.0876. The lowest BCUT2D eigenvalue weighted by Gasteiger charge is -2.12. The fourth-order valence-electron chi connectivity index (χ4n) is 1.20. The molecule has 0 N–H and O–H groups in total. The molecule has 82 valence electrons. The monoisotopic (exact) mass is 198 g/mol. The van der Waals surface area contributed by atoms with Crippen LogP contribution in [0.5, 0.6) is 0 Å². The summed E-state index contributed by atoms with van der Waals surface area (Å²) in [6.45, 7) is 8.97. The third kappa shape index (κ3) is 5.92. The van der Waals surface area contributed by atoms with E-state index in [4.69, 9.17) is 4.74 Å². The summed E-state index contributed by atoms with van der Waals surface area (Å²) in [7, 11) is 0. The molecule has 0 rings (SSSR count). The van der Waals surface area contributed by atoms with Crippen molar-refractivity contribution in [1.29, 1.82) is 0 Å². The van der Waals surface area contributed by atoms with Gasteiger partial charge < -0.3 is 4.74 Å². The quantitative estimate of drug-likeness (QED) is 0.588. The number of rotatable bonds is 7. The van der Waals surface area contributed by atoms with Crippen LogP contribution in [-0.4, -0.2) is 19.0 Å². The first-order valence-corrected chi connectivity index (χ1v) is 5.31. The van der Waals surface area contributed by atoms with Gasteiger partial charge >= 0.3 is 0 Å². The maximum Gasteiger partial charge on any atom is 0.135 e. The van der Waals surface area contributed by atoms with E-state index in [1.165, 1.54) is 5.57 Å². The van der Waals surface area contributed by atoms with Gasteiger partial charge in [0.1, 0.15) is 5.78 Å². The minimum Gasteiger partial charge on any atom is -0.376 e. The van der Waals surface area contributed by atoms with Crippen LogP contribution in [0.2, 0.25) is 0 Å². The van der Waals surface area contributed by atoms with Crippen LogP contribution in [0.25, 0.3) is 0 Å². The predicted molar refractivity (Wildman–Crippen MR) is 59.3 cm³/mol. The van der Waals surface area contributed by atoms with E-state index in [0.717, 1.165) is 12.8 Å². The van der Waals surface area contributed by atoms with E-state index in [9.17, 15) is 4.79 Å². The third-order valence-corrected chi connectivity index (χ3v) is 2.35. The normalized spacial score (nSPS) is 14.1. The second-order valence-electron chi connectivity index (χ2n) is 3.75. The van der Waals surface area contributed by atoms with Crippen LogP contribution in [0.4, 0.5) is 0 Å². The first kappa shape index (κ1) is 13.4. The fraction of sp³-hybridized carbons (Fsp3) is 0.750. The van der Waals surface area contributed by atoms with Gasteiger partial charge in [-0.25, -0.2) is 0 Å². The molecule has 1 unspecified atom stereocenters. The van der Waals surface area contributed by atoms with Crippen LogP contribution in [-0.2, 0) is 9.53 Å². The summed E-state index contributed by atoms with van der Waals surface area (Å²) in [6, 6.07) is 0. The summed E-state index contributed by atoms with van der Waals surface area (Å²) in [5.74, 6) is 0.328. The average Bonchev–Trinajstić information content (AvgIpc) is 2.16. The van der Waals surface area contributed by atoms with E-state index >= 15 is 0 Å². The summed E-state index contributed by atoms with van der Waals surface area (Å²) in [6.07, 6.45) is 4.00. The van der Waals surface area contributed by atoms with E-state index in [-0.39, 0.29) is 11.7 Å². The van der Waals surface area contributed by atoms with Crippen molar-refractivity contribution in [3.63, 3.8) is 0 Å². The molecule has 0 aliphatic rings. The van der Waals surface area contributed by atoms with Crippen LogP contribution < -0.4 is 0 Å². The molecule has 2 nitrogen and oxygen atoms in total. The van der Waals surface area contributed by atoms with Crippen LogP contribution in [0.1, 0.15) is 40.5 Å². The molecule has 0 saturated heterocycles. The average molecular weight is 198 g/mol. The molecule has 0 spiro atoms. The second-order valence-corrected chi connectivity index (χ2v) is 3.75. The molecule has 0 heterocycles. The molecule has 1 atom stereocenters. The topological polar surface area (TPSA) is 26.3 Å². The maximum atomic E-state index is 11.2. The van der Waals surface area contributed by atoms with Crippen molar-refractivity contribution in [2.24, 2.45) is 5.92 Å². The summed E-state index contributed by atoms with van der Waals surface area (Å²) in [5, 5.41) is 0. The van der Waals surface area contributed by atoms with Crippen LogP contribution in [0, 0.1) is 5.92 Å². The van der Waals surface area contributed by atoms with Gasteiger partial charge in [0, 0.05) is 5.92 Å². The van der Waals surface area contributed by atoms with Gasteiger partial charge in [-0.2, -0.15) is 0 Å². The van der Waals surface area contributed by atoms with Crippen molar-refractivity contribution in [1.82, 2.24) is 0 Å². The van der Waals surface area contributed by atoms with Gasteiger partial charge in [0.2, 0.25) is 0 Å². The summed E-state index contributed by atoms with van der Waals surface area (Å²) < 4.78 is 5.47. The number of hydrogen-bond acceptors (Lipinski definition) is 2. The Morgan fingerprint density at radius 2 is 2.07 bits per heavy atom. The molecule has 14 heavy (non-hydrogen) atoms. The molecular formula is C12H22O2. The summed E-state index contributed by atoms with van der Waals surface area (Å²) in [5.41, 5.74) is 1.21. The number of Topliss-reactive ketones (excluding diaryl/α,β-unsaturated/α-hetero) is 1. The Bertz CT molecular complexity index is 194. The molecule has 0 aliphatic carbocycles. The molecule has 0 bridgehead atoms. The number of allylic oxidation sites excluding steroid dienone is 1. The predicted octanol–water partition coefficient (Wildman–Crippen LogP) is 2.97. The van der Waals surface area contributed by atoms with E-state index < -0.39 is 0 Å². The molecule has 0 radical (unpaired) electrons. The van der Waals surface area contributed by atoms with E-state index in [1.807, 2.05) is 19.9 Å². The highest BCUT2D eigenvalue weighted by molar-refractivity contribution is 5.78. The maximum absolute atomic E-state index is 11.2. The molecule has 0 aromatic rings. The van der Waals surface area contributed by atoms with E-state index in [0.29, 0.717) is 13.2 Å². The largest absolute Gasteiger partial charge is 0.376 e. The van der Waals surface area contributed by atoms with Crippen LogP contribution >= 0.6 is 0 Å². The zero-order valence-corrected chi connectivity index (χ0v) is 9.80. The van der Waals surface area contributed by atoms with Gasteiger partial charge in [0.05, 0.1) is 13.2 Å². The van der Waals surface area contributed by atoms with Gasteiger partial charge in [-0.15, -0.1) is 0 Å². The minimum atomic E-state index is 0.0876. The number of hydrogen-bond donors (Lipinski definition) is 0. The Morgan fingerprint density at radius 1 is 1.43 bits per heavy atom. The van der Waals surface area contributed by atoms with E-state index in [1.54, 1.807) is 6.92 Å². The van der Waals surface area contributed by atoms with Crippen LogP contribution in [0.15, 0.2) is 11.6 Å². The highest BCUT2D eigenvalue weighted by atomic mass is 16.5.